The van der Waals surface area contributed by atoms with E-state index in [-0.39, 0.29) is 11.4 Å². The van der Waals surface area contributed by atoms with Gasteiger partial charge in [0.2, 0.25) is 0 Å². The maximum Gasteiger partial charge on any atom is 0.289 e. The van der Waals surface area contributed by atoms with Gasteiger partial charge in [0.25, 0.3) is 15.7 Å². The second kappa shape index (κ2) is 6.84. The van der Waals surface area contributed by atoms with Crippen molar-refractivity contribution in [3.05, 3.63) is 76.4 Å². The Morgan fingerprint density at radius 3 is 2.46 bits per heavy atom. The summed E-state index contributed by atoms with van der Waals surface area (Å²) in [5.41, 5.74) is 1.76. The molecule has 0 atom stereocenters. The summed E-state index contributed by atoms with van der Waals surface area (Å²) >= 11 is 0. The summed E-state index contributed by atoms with van der Waals surface area (Å²) in [7, 11) is -4.11. The van der Waals surface area contributed by atoms with Gasteiger partial charge in [-0.1, -0.05) is 30.3 Å². The summed E-state index contributed by atoms with van der Waals surface area (Å²) in [5.74, 6) is 0. The molecule has 0 saturated heterocycles. The van der Waals surface area contributed by atoms with E-state index in [2.05, 4.69) is 6.58 Å². The number of nitrogens with zero attached hydrogens (tertiary/aromatic N) is 2. The highest BCUT2D eigenvalue weighted by atomic mass is 32.2. The van der Waals surface area contributed by atoms with E-state index < -0.39 is 20.6 Å². The van der Waals surface area contributed by atoms with E-state index in [4.69, 9.17) is 0 Å². The predicted octanol–water partition coefficient (Wildman–Crippen LogP) is 3.59. The van der Waals surface area contributed by atoms with Crippen molar-refractivity contribution in [3.8, 4) is 0 Å². The molecule has 0 amide bonds. The van der Waals surface area contributed by atoms with Crippen molar-refractivity contribution in [1.29, 1.82) is 0 Å². The van der Waals surface area contributed by atoms with Crippen LogP contribution in [-0.2, 0) is 10.0 Å². The Morgan fingerprint density at radius 2 is 1.83 bits per heavy atom. The number of hydrogen-bond donors (Lipinski definition) is 0. The van der Waals surface area contributed by atoms with E-state index in [1.54, 1.807) is 12.1 Å². The molecule has 126 valence electrons. The number of hydrogen-bond acceptors (Lipinski definition) is 4. The number of nitro groups is 1. The Bertz CT molecular complexity index is 891. The fourth-order valence-corrected chi connectivity index (χ4v) is 4.05. The molecule has 2 rings (SSSR count). The predicted molar refractivity (Wildman–Crippen MR) is 93.7 cm³/mol. The lowest BCUT2D eigenvalue weighted by molar-refractivity contribution is -0.387. The van der Waals surface area contributed by atoms with Crippen molar-refractivity contribution in [1.82, 2.24) is 0 Å². The van der Waals surface area contributed by atoms with Gasteiger partial charge in [0.05, 0.1) is 17.2 Å². The summed E-state index contributed by atoms with van der Waals surface area (Å²) in [6.07, 6.45) is 1.45. The van der Waals surface area contributed by atoms with Crippen LogP contribution in [0.2, 0.25) is 0 Å². The van der Waals surface area contributed by atoms with Gasteiger partial charge in [0, 0.05) is 6.07 Å². The standard InChI is InChI=1S/C17H18N2O4S/c1-4-12-18(15-10-7-8-13(2)14(15)3)24(22,23)17-11-6-5-9-16(17)19(20)21/h4-11H,1,12H2,2-3H3. The summed E-state index contributed by atoms with van der Waals surface area (Å²) in [4.78, 5) is 10.2. The van der Waals surface area contributed by atoms with Gasteiger partial charge >= 0.3 is 0 Å². The molecule has 2 aromatic rings. The number of sulfonamides is 1. The van der Waals surface area contributed by atoms with Crippen molar-refractivity contribution in [3.63, 3.8) is 0 Å². The van der Waals surface area contributed by atoms with E-state index in [1.807, 2.05) is 19.9 Å². The number of para-hydroxylation sites is 1. The summed E-state index contributed by atoms with van der Waals surface area (Å²) < 4.78 is 27.3. The molecule has 0 bridgehead atoms. The van der Waals surface area contributed by atoms with Gasteiger partial charge in [-0.15, -0.1) is 6.58 Å². The monoisotopic (exact) mass is 346 g/mol. The van der Waals surface area contributed by atoms with Crippen LogP contribution in [0.5, 0.6) is 0 Å². The first-order valence-electron chi connectivity index (χ1n) is 7.24. The van der Waals surface area contributed by atoms with Crippen LogP contribution in [0.15, 0.2) is 60.0 Å². The van der Waals surface area contributed by atoms with E-state index in [0.717, 1.165) is 15.4 Å². The van der Waals surface area contributed by atoms with Crippen LogP contribution < -0.4 is 4.31 Å². The highest BCUT2D eigenvalue weighted by Crippen LogP contribution is 2.32. The van der Waals surface area contributed by atoms with Crippen LogP contribution in [0, 0.1) is 24.0 Å². The van der Waals surface area contributed by atoms with E-state index >= 15 is 0 Å². The highest BCUT2D eigenvalue weighted by Gasteiger charge is 2.31. The molecule has 0 unspecified atom stereocenters. The number of anilines is 1. The lowest BCUT2D eigenvalue weighted by Crippen LogP contribution is -2.32. The molecule has 0 N–H and O–H groups in total. The Kier molecular flexibility index (Phi) is 5.04. The molecule has 0 spiro atoms. The third kappa shape index (κ3) is 3.16. The minimum Gasteiger partial charge on any atom is -0.262 e. The fourth-order valence-electron chi connectivity index (χ4n) is 2.39. The second-order valence-electron chi connectivity index (χ2n) is 5.27. The Morgan fingerprint density at radius 1 is 1.17 bits per heavy atom. The van der Waals surface area contributed by atoms with E-state index in [9.17, 15) is 18.5 Å². The minimum atomic E-state index is -4.11. The largest absolute Gasteiger partial charge is 0.289 e. The number of benzene rings is 2. The number of rotatable bonds is 6. The molecule has 0 aliphatic rings. The molecule has 24 heavy (non-hydrogen) atoms. The van der Waals surface area contributed by atoms with Crippen LogP contribution in [0.3, 0.4) is 0 Å². The fraction of sp³-hybridized carbons (Fsp3) is 0.176. The zero-order valence-electron chi connectivity index (χ0n) is 13.5. The molecule has 0 saturated carbocycles. The Balaban J connectivity index is 2.69. The van der Waals surface area contributed by atoms with Gasteiger partial charge in [-0.2, -0.15) is 0 Å². The molecule has 7 heteroatoms. The average Bonchev–Trinajstić information content (AvgIpc) is 2.55. The molecule has 0 radical (unpaired) electrons. The topological polar surface area (TPSA) is 80.5 Å². The first-order valence-corrected chi connectivity index (χ1v) is 8.68. The van der Waals surface area contributed by atoms with Crippen LogP contribution >= 0.6 is 0 Å². The van der Waals surface area contributed by atoms with Gasteiger partial charge in [0.15, 0.2) is 4.90 Å². The first kappa shape index (κ1) is 17.7. The van der Waals surface area contributed by atoms with Gasteiger partial charge < -0.3 is 0 Å². The average molecular weight is 346 g/mol. The van der Waals surface area contributed by atoms with Crippen LogP contribution in [-0.4, -0.2) is 19.9 Å². The molecular weight excluding hydrogens is 328 g/mol. The molecule has 2 aromatic carbocycles. The molecule has 0 aliphatic heterocycles. The number of aryl methyl sites for hydroxylation is 1. The molecule has 0 aliphatic carbocycles. The van der Waals surface area contributed by atoms with Crippen molar-refractivity contribution in [2.24, 2.45) is 0 Å². The SMILES string of the molecule is C=CCN(c1cccc(C)c1C)S(=O)(=O)c1ccccc1[N+](=O)[O-]. The summed E-state index contributed by atoms with van der Waals surface area (Å²) in [6, 6.07) is 10.6. The van der Waals surface area contributed by atoms with Crippen molar-refractivity contribution in [2.75, 3.05) is 10.8 Å². The van der Waals surface area contributed by atoms with Gasteiger partial charge in [0.1, 0.15) is 0 Å². The van der Waals surface area contributed by atoms with Crippen molar-refractivity contribution >= 4 is 21.4 Å². The van der Waals surface area contributed by atoms with E-state index in [0.29, 0.717) is 5.69 Å². The smallest absolute Gasteiger partial charge is 0.262 e. The summed E-state index contributed by atoms with van der Waals surface area (Å²) in [5, 5.41) is 11.2. The lowest BCUT2D eigenvalue weighted by atomic mass is 10.1. The van der Waals surface area contributed by atoms with E-state index in [1.165, 1.54) is 30.3 Å². The summed E-state index contributed by atoms with van der Waals surface area (Å²) in [6.45, 7) is 7.31. The van der Waals surface area contributed by atoms with Gasteiger partial charge in [-0.25, -0.2) is 8.42 Å². The van der Waals surface area contributed by atoms with Crippen LogP contribution in [0.1, 0.15) is 11.1 Å². The molecule has 6 nitrogen and oxygen atoms in total. The van der Waals surface area contributed by atoms with Gasteiger partial charge in [-0.05, 0) is 37.1 Å². The van der Waals surface area contributed by atoms with Crippen molar-refractivity contribution < 1.29 is 13.3 Å². The first-order chi connectivity index (χ1) is 11.3. The molecular formula is C17H18N2O4S. The van der Waals surface area contributed by atoms with Gasteiger partial charge in [-0.3, -0.25) is 14.4 Å². The maximum absolute atomic E-state index is 13.1. The third-order valence-electron chi connectivity index (χ3n) is 3.77. The highest BCUT2D eigenvalue weighted by molar-refractivity contribution is 7.93. The third-order valence-corrected chi connectivity index (χ3v) is 5.60. The van der Waals surface area contributed by atoms with Crippen LogP contribution in [0.25, 0.3) is 0 Å². The quantitative estimate of drug-likeness (QED) is 0.455. The minimum absolute atomic E-state index is 0.0126. The molecule has 0 heterocycles. The molecule has 0 fully saturated rings. The maximum atomic E-state index is 13.1. The molecule has 0 aromatic heterocycles. The van der Waals surface area contributed by atoms with Crippen molar-refractivity contribution in [2.45, 2.75) is 18.7 Å². The zero-order chi connectivity index (χ0) is 17.9. The Labute approximate surface area is 141 Å². The zero-order valence-corrected chi connectivity index (χ0v) is 14.3. The van der Waals surface area contributed by atoms with Crippen LogP contribution in [0.4, 0.5) is 11.4 Å². The second-order valence-corrected chi connectivity index (χ2v) is 7.10. The number of nitro benzene ring substituents is 1. The Hall–Kier alpha value is -2.67. The normalized spacial score (nSPS) is 11.1. The lowest BCUT2D eigenvalue weighted by Gasteiger charge is -2.25.